The van der Waals surface area contributed by atoms with Crippen LogP contribution in [0.4, 0.5) is 30.7 Å². The molecule has 2 aromatic rings. The normalized spacial score (nSPS) is 14.2. The Hall–Kier alpha value is -2.66. The van der Waals surface area contributed by atoms with Crippen molar-refractivity contribution < 1.29 is 40.3 Å². The van der Waals surface area contributed by atoms with Gasteiger partial charge in [0.1, 0.15) is 11.4 Å². The van der Waals surface area contributed by atoms with Gasteiger partial charge in [-0.05, 0) is 61.9 Å². The van der Waals surface area contributed by atoms with Crippen LogP contribution in [-0.2, 0) is 33.8 Å². The average Bonchev–Trinajstić information content (AvgIpc) is 2.75. The molecule has 1 amide bonds. The maximum Gasteiger partial charge on any atom is 0.416 e. The number of carbonyl (C=O) groups excluding carboxylic acids is 1. The minimum absolute atomic E-state index is 0.0540. The zero-order valence-corrected chi connectivity index (χ0v) is 18.8. The number of benzene rings is 2. The first-order chi connectivity index (χ1) is 15.7. The van der Waals surface area contributed by atoms with Gasteiger partial charge in [0.15, 0.2) is 0 Å². The third-order valence-corrected chi connectivity index (χ3v) is 5.59. The van der Waals surface area contributed by atoms with Gasteiger partial charge in [-0.2, -0.15) is 26.3 Å². The highest BCUT2D eigenvalue weighted by molar-refractivity contribution is 5.87. The first-order valence-electron chi connectivity index (χ1n) is 10.2. The largest absolute Gasteiger partial charge is 0.416 e. The summed E-state index contributed by atoms with van der Waals surface area (Å²) < 4.78 is 96.9. The van der Waals surface area contributed by atoms with Gasteiger partial charge in [0.25, 0.3) is 0 Å². The van der Waals surface area contributed by atoms with Crippen molar-refractivity contribution in [3.05, 3.63) is 70.5 Å². The summed E-state index contributed by atoms with van der Waals surface area (Å²) in [6.45, 7) is 1.97. The Kier molecular flexibility index (Phi) is 8.70. The lowest BCUT2D eigenvalue weighted by atomic mass is 9.89. The second-order valence-electron chi connectivity index (χ2n) is 7.91. The molecule has 0 radical (unpaired) electrons. The van der Waals surface area contributed by atoms with Crippen LogP contribution in [0.25, 0.3) is 0 Å². The number of likely N-dealkylation sites (N-methyl/N-ethyl adjacent to an activating group) is 1. The van der Waals surface area contributed by atoms with Gasteiger partial charge in [0, 0.05) is 20.2 Å². The highest BCUT2D eigenvalue weighted by atomic mass is 19.4. The minimum Gasteiger partial charge on any atom is -0.383 e. The fraction of sp³-hybridized carbons (Fsp3) is 0.435. The quantitative estimate of drug-likeness (QED) is 0.498. The molecule has 0 saturated heterocycles. The third-order valence-electron chi connectivity index (χ3n) is 5.59. The lowest BCUT2D eigenvalue weighted by Gasteiger charge is -2.38. The van der Waals surface area contributed by atoms with Crippen molar-refractivity contribution in [2.24, 2.45) is 0 Å². The van der Waals surface area contributed by atoms with E-state index in [0.29, 0.717) is 24.2 Å². The molecule has 0 heterocycles. The van der Waals surface area contributed by atoms with Crippen molar-refractivity contribution >= 4 is 5.91 Å². The number of hydrogen-bond donors (Lipinski definition) is 1. The van der Waals surface area contributed by atoms with Gasteiger partial charge in [0.2, 0.25) is 5.91 Å². The molecule has 1 atom stereocenters. The molecule has 2 aromatic carbocycles. The van der Waals surface area contributed by atoms with Crippen molar-refractivity contribution in [1.82, 2.24) is 10.2 Å². The smallest absolute Gasteiger partial charge is 0.383 e. The van der Waals surface area contributed by atoms with Crippen molar-refractivity contribution in [3.63, 3.8) is 0 Å². The first-order valence-corrected chi connectivity index (χ1v) is 10.2. The molecule has 0 aliphatic carbocycles. The molecule has 0 saturated carbocycles. The monoisotopic (exact) mass is 494 g/mol. The third kappa shape index (κ3) is 6.69. The number of carbonyl (C=O) groups is 1. The van der Waals surface area contributed by atoms with Gasteiger partial charge < -0.3 is 10.1 Å². The van der Waals surface area contributed by atoms with Crippen LogP contribution in [0.15, 0.2) is 42.5 Å². The van der Waals surface area contributed by atoms with E-state index < -0.39 is 40.7 Å². The van der Waals surface area contributed by atoms with Crippen LogP contribution in [-0.4, -0.2) is 44.7 Å². The molecule has 0 aliphatic heterocycles. The first kappa shape index (κ1) is 27.6. The molecule has 2 rings (SSSR count). The zero-order valence-electron chi connectivity index (χ0n) is 18.8. The Morgan fingerprint density at radius 3 is 1.94 bits per heavy atom. The van der Waals surface area contributed by atoms with E-state index in [1.165, 1.54) is 31.4 Å². The van der Waals surface area contributed by atoms with Gasteiger partial charge in [-0.15, -0.1) is 0 Å². The number of nitrogens with zero attached hydrogens (tertiary/aromatic N) is 1. The predicted octanol–water partition coefficient (Wildman–Crippen LogP) is 5.02. The molecule has 188 valence electrons. The Bertz CT molecular complexity index is 943. The standard InChI is InChI=1S/C23H25F7N2O2/c1-21(32(2)10-11-34-3,16-4-6-19(24)7-5-16)20(33)31-9-8-15-12-17(22(25,26)27)14-18(13-15)23(28,29)30/h4-7,12-14H,8-11H2,1-3H3,(H,31,33). The maximum atomic E-state index is 13.4. The van der Waals surface area contributed by atoms with E-state index >= 15 is 0 Å². The van der Waals surface area contributed by atoms with Crippen LogP contribution >= 0.6 is 0 Å². The molecule has 4 nitrogen and oxygen atoms in total. The molecule has 1 N–H and O–H groups in total. The molecular weight excluding hydrogens is 469 g/mol. The van der Waals surface area contributed by atoms with E-state index in [9.17, 15) is 35.5 Å². The van der Waals surface area contributed by atoms with Crippen molar-refractivity contribution in [3.8, 4) is 0 Å². The second-order valence-corrected chi connectivity index (χ2v) is 7.91. The summed E-state index contributed by atoms with van der Waals surface area (Å²) in [7, 11) is 3.12. The average molecular weight is 494 g/mol. The Morgan fingerprint density at radius 2 is 1.47 bits per heavy atom. The predicted molar refractivity (Wildman–Crippen MR) is 111 cm³/mol. The van der Waals surface area contributed by atoms with E-state index in [1.807, 2.05) is 0 Å². The highest BCUT2D eigenvalue weighted by Gasteiger charge is 2.39. The molecule has 0 fully saturated rings. The van der Waals surface area contributed by atoms with E-state index in [2.05, 4.69) is 5.32 Å². The van der Waals surface area contributed by atoms with E-state index in [1.54, 1.807) is 18.9 Å². The number of alkyl halides is 6. The minimum atomic E-state index is -4.95. The summed E-state index contributed by atoms with van der Waals surface area (Å²) in [6, 6.07) is 6.55. The Morgan fingerprint density at radius 1 is 0.941 bits per heavy atom. The lowest BCUT2D eigenvalue weighted by Crippen LogP contribution is -2.54. The van der Waals surface area contributed by atoms with Gasteiger partial charge in [-0.1, -0.05) is 12.1 Å². The molecule has 11 heteroatoms. The lowest BCUT2D eigenvalue weighted by molar-refractivity contribution is -0.143. The van der Waals surface area contributed by atoms with Gasteiger partial charge >= 0.3 is 12.4 Å². The summed E-state index contributed by atoms with van der Waals surface area (Å²) in [6.07, 6.45) is -10.2. The van der Waals surface area contributed by atoms with Gasteiger partial charge in [-0.3, -0.25) is 9.69 Å². The van der Waals surface area contributed by atoms with Crippen LogP contribution in [0.5, 0.6) is 0 Å². The summed E-state index contributed by atoms with van der Waals surface area (Å²) in [5.74, 6) is -1.06. The van der Waals surface area contributed by atoms with E-state index in [0.717, 1.165) is 0 Å². The van der Waals surface area contributed by atoms with Crippen LogP contribution < -0.4 is 5.32 Å². The number of amides is 1. The fourth-order valence-electron chi connectivity index (χ4n) is 3.41. The number of methoxy groups -OCH3 is 1. The van der Waals surface area contributed by atoms with E-state index in [4.69, 9.17) is 4.74 Å². The SMILES string of the molecule is COCCN(C)C(C)(C(=O)NCCc1cc(C(F)(F)F)cc(C(F)(F)F)c1)c1ccc(F)cc1. The summed E-state index contributed by atoms with van der Waals surface area (Å²) >= 11 is 0. The number of ether oxygens (including phenoxy) is 1. The van der Waals surface area contributed by atoms with Crippen molar-refractivity contribution in [1.29, 1.82) is 0 Å². The van der Waals surface area contributed by atoms with Crippen LogP contribution in [0.2, 0.25) is 0 Å². The number of hydrogen-bond acceptors (Lipinski definition) is 3. The number of nitrogens with one attached hydrogen (secondary N) is 1. The zero-order chi connectivity index (χ0) is 25.7. The summed E-state index contributed by atoms with van der Waals surface area (Å²) in [5, 5.41) is 2.58. The second kappa shape index (κ2) is 10.7. The fourth-order valence-corrected chi connectivity index (χ4v) is 3.41. The molecule has 1 unspecified atom stereocenters. The van der Waals surface area contributed by atoms with Crippen LogP contribution in [0, 0.1) is 5.82 Å². The van der Waals surface area contributed by atoms with Crippen LogP contribution in [0.3, 0.4) is 0 Å². The summed E-state index contributed by atoms with van der Waals surface area (Å²) in [5.41, 5.74) is -3.92. The molecule has 34 heavy (non-hydrogen) atoms. The van der Waals surface area contributed by atoms with E-state index in [-0.39, 0.29) is 31.2 Å². The number of rotatable bonds is 9. The van der Waals surface area contributed by atoms with Gasteiger partial charge in [0.05, 0.1) is 17.7 Å². The Labute approximate surface area is 192 Å². The Balaban J connectivity index is 2.25. The molecule has 0 bridgehead atoms. The highest BCUT2D eigenvalue weighted by Crippen LogP contribution is 2.36. The summed E-state index contributed by atoms with van der Waals surface area (Å²) in [4.78, 5) is 14.8. The van der Waals surface area contributed by atoms with Crippen molar-refractivity contribution in [2.45, 2.75) is 31.2 Å². The molecular formula is C23H25F7N2O2. The molecule has 0 aliphatic rings. The number of halogens is 7. The molecule has 0 aromatic heterocycles. The van der Waals surface area contributed by atoms with Crippen LogP contribution in [0.1, 0.15) is 29.2 Å². The van der Waals surface area contributed by atoms with Crippen molar-refractivity contribution in [2.75, 3.05) is 33.9 Å². The maximum absolute atomic E-state index is 13.4. The topological polar surface area (TPSA) is 41.6 Å². The molecule has 0 spiro atoms. The van der Waals surface area contributed by atoms with Gasteiger partial charge in [-0.25, -0.2) is 4.39 Å².